The van der Waals surface area contributed by atoms with Gasteiger partial charge in [-0.25, -0.2) is 8.42 Å². The maximum atomic E-state index is 12.5. The number of hydrogen-bond donors (Lipinski definition) is 1. The summed E-state index contributed by atoms with van der Waals surface area (Å²) >= 11 is 1.28. The molecule has 2 rings (SSSR count). The minimum atomic E-state index is -3.31. The molecule has 0 spiro atoms. The van der Waals surface area contributed by atoms with Crippen molar-refractivity contribution in [2.45, 2.75) is 48.9 Å². The van der Waals surface area contributed by atoms with E-state index in [2.05, 4.69) is 0 Å². The summed E-state index contributed by atoms with van der Waals surface area (Å²) in [5, 5.41) is 1.80. The Morgan fingerprint density at radius 1 is 1.39 bits per heavy atom. The van der Waals surface area contributed by atoms with E-state index >= 15 is 0 Å². The smallest absolute Gasteiger partial charge is 0.252 e. The van der Waals surface area contributed by atoms with Crippen LogP contribution in [-0.2, 0) is 10.0 Å². The van der Waals surface area contributed by atoms with Crippen molar-refractivity contribution in [3.05, 3.63) is 17.5 Å². The predicted molar refractivity (Wildman–Crippen MR) is 74.1 cm³/mol. The molecule has 1 aliphatic rings. The monoisotopic (exact) mass is 288 g/mol. The zero-order chi connectivity index (χ0) is 13.2. The van der Waals surface area contributed by atoms with Crippen molar-refractivity contribution >= 4 is 21.4 Å². The lowest BCUT2D eigenvalue weighted by molar-refractivity contribution is 0.247. The van der Waals surface area contributed by atoms with Gasteiger partial charge in [-0.3, -0.25) is 0 Å². The Hall–Kier alpha value is -0.430. The lowest BCUT2D eigenvalue weighted by atomic mass is 9.92. The number of hydrogen-bond acceptors (Lipinski definition) is 4. The number of nitrogens with two attached hydrogens (primary N) is 1. The van der Waals surface area contributed by atoms with Crippen molar-refractivity contribution in [2.75, 3.05) is 6.54 Å². The quantitative estimate of drug-likeness (QED) is 0.922. The van der Waals surface area contributed by atoms with Crippen LogP contribution in [0.25, 0.3) is 0 Å². The number of rotatable bonds is 4. The number of nitrogens with zero attached hydrogens (tertiary/aromatic N) is 1. The first kappa shape index (κ1) is 14.0. The Kier molecular flexibility index (Phi) is 4.42. The molecule has 0 aliphatic heterocycles. The van der Waals surface area contributed by atoms with E-state index in [1.54, 1.807) is 21.8 Å². The van der Waals surface area contributed by atoms with Crippen LogP contribution in [0, 0.1) is 0 Å². The van der Waals surface area contributed by atoms with Crippen LogP contribution in [0.2, 0.25) is 0 Å². The molecule has 6 heteroatoms. The fourth-order valence-electron chi connectivity index (χ4n) is 2.54. The summed E-state index contributed by atoms with van der Waals surface area (Å²) in [5.74, 6) is 0. The molecule has 1 aromatic heterocycles. The maximum absolute atomic E-state index is 12.5. The van der Waals surface area contributed by atoms with Gasteiger partial charge in [0.2, 0.25) is 0 Å². The van der Waals surface area contributed by atoms with Crippen LogP contribution in [0.4, 0.5) is 0 Å². The summed E-state index contributed by atoms with van der Waals surface area (Å²) in [6.07, 6.45) is 3.58. The van der Waals surface area contributed by atoms with E-state index in [0.717, 1.165) is 25.7 Å². The summed E-state index contributed by atoms with van der Waals surface area (Å²) < 4.78 is 27.1. The van der Waals surface area contributed by atoms with Crippen LogP contribution in [0.3, 0.4) is 0 Å². The minimum absolute atomic E-state index is 0.113. The molecule has 4 nitrogen and oxygen atoms in total. The van der Waals surface area contributed by atoms with Crippen molar-refractivity contribution in [3.63, 3.8) is 0 Å². The normalized spacial score (nSPS) is 25.5. The lowest BCUT2D eigenvalue weighted by Gasteiger charge is -2.34. The number of thiophene rings is 1. The molecule has 1 fully saturated rings. The van der Waals surface area contributed by atoms with E-state index in [-0.39, 0.29) is 12.1 Å². The highest BCUT2D eigenvalue weighted by molar-refractivity contribution is 7.91. The highest BCUT2D eigenvalue weighted by Gasteiger charge is 2.32. The molecular weight excluding hydrogens is 268 g/mol. The van der Waals surface area contributed by atoms with Gasteiger partial charge in [0.05, 0.1) is 0 Å². The summed E-state index contributed by atoms with van der Waals surface area (Å²) in [7, 11) is -3.31. The van der Waals surface area contributed by atoms with Crippen LogP contribution in [0.15, 0.2) is 21.7 Å². The van der Waals surface area contributed by atoms with Crippen LogP contribution in [-0.4, -0.2) is 31.4 Å². The first-order valence-electron chi connectivity index (χ1n) is 6.36. The van der Waals surface area contributed by atoms with Crippen LogP contribution >= 0.6 is 11.3 Å². The topological polar surface area (TPSA) is 63.4 Å². The second-order valence-electron chi connectivity index (χ2n) is 4.71. The van der Waals surface area contributed by atoms with Gasteiger partial charge in [0.15, 0.2) is 0 Å². The van der Waals surface area contributed by atoms with Crippen LogP contribution < -0.4 is 5.73 Å². The van der Waals surface area contributed by atoms with E-state index in [4.69, 9.17) is 5.73 Å². The molecule has 0 bridgehead atoms. The molecule has 1 aliphatic carbocycles. The molecule has 1 saturated carbocycles. The average Bonchev–Trinajstić information content (AvgIpc) is 2.86. The van der Waals surface area contributed by atoms with Gasteiger partial charge in [-0.15, -0.1) is 11.3 Å². The summed E-state index contributed by atoms with van der Waals surface area (Å²) in [5.41, 5.74) is 5.88. The first-order valence-corrected chi connectivity index (χ1v) is 8.68. The standard InChI is InChI=1S/C12H20N2O2S2/c1-2-14(11-7-5-10(13)6-8-11)18(15,16)12-4-3-9-17-12/h3-4,9-11H,2,5-8,13H2,1H3. The highest BCUT2D eigenvalue weighted by atomic mass is 32.2. The zero-order valence-corrected chi connectivity index (χ0v) is 12.2. The fraction of sp³-hybridized carbons (Fsp3) is 0.667. The minimum Gasteiger partial charge on any atom is -0.328 e. The molecule has 102 valence electrons. The predicted octanol–water partition coefficient (Wildman–Crippen LogP) is 2.03. The van der Waals surface area contributed by atoms with Crippen molar-refractivity contribution in [2.24, 2.45) is 5.73 Å². The Morgan fingerprint density at radius 2 is 2.06 bits per heavy atom. The van der Waals surface area contributed by atoms with Gasteiger partial charge < -0.3 is 5.73 Å². The molecule has 2 N–H and O–H groups in total. The largest absolute Gasteiger partial charge is 0.328 e. The summed E-state index contributed by atoms with van der Waals surface area (Å²) in [6, 6.07) is 3.81. The third-order valence-electron chi connectivity index (χ3n) is 3.52. The van der Waals surface area contributed by atoms with E-state index in [1.807, 2.05) is 6.92 Å². The van der Waals surface area contributed by atoms with Crippen LogP contribution in [0.1, 0.15) is 32.6 Å². The molecule has 0 aromatic carbocycles. The summed E-state index contributed by atoms with van der Waals surface area (Å²) in [4.78, 5) is 0. The van der Waals surface area contributed by atoms with Gasteiger partial charge >= 0.3 is 0 Å². The van der Waals surface area contributed by atoms with E-state index in [1.165, 1.54) is 11.3 Å². The lowest BCUT2D eigenvalue weighted by Crippen LogP contribution is -2.43. The molecular formula is C12H20N2O2S2. The van der Waals surface area contributed by atoms with Crippen molar-refractivity contribution in [1.82, 2.24) is 4.31 Å². The molecule has 1 heterocycles. The van der Waals surface area contributed by atoms with Gasteiger partial charge in [0.1, 0.15) is 4.21 Å². The van der Waals surface area contributed by atoms with Crippen molar-refractivity contribution < 1.29 is 8.42 Å². The Bertz CT molecular complexity index is 462. The third kappa shape index (κ3) is 2.77. The van der Waals surface area contributed by atoms with Gasteiger partial charge in [0, 0.05) is 18.6 Å². The summed E-state index contributed by atoms with van der Waals surface area (Å²) in [6.45, 7) is 2.43. The van der Waals surface area contributed by atoms with Crippen LogP contribution in [0.5, 0.6) is 0 Å². The van der Waals surface area contributed by atoms with E-state index < -0.39 is 10.0 Å². The molecule has 0 atom stereocenters. The fourth-order valence-corrected chi connectivity index (χ4v) is 5.35. The third-order valence-corrected chi connectivity index (χ3v) is 6.92. The van der Waals surface area contributed by atoms with Crippen molar-refractivity contribution in [3.8, 4) is 0 Å². The average molecular weight is 288 g/mol. The van der Waals surface area contributed by atoms with Gasteiger partial charge in [0.25, 0.3) is 10.0 Å². The molecule has 0 amide bonds. The molecule has 0 unspecified atom stereocenters. The Morgan fingerprint density at radius 3 is 2.56 bits per heavy atom. The number of sulfonamides is 1. The van der Waals surface area contributed by atoms with Gasteiger partial charge in [-0.2, -0.15) is 4.31 Å². The zero-order valence-electron chi connectivity index (χ0n) is 10.6. The van der Waals surface area contributed by atoms with E-state index in [9.17, 15) is 8.42 Å². The second kappa shape index (κ2) is 5.69. The Balaban J connectivity index is 2.18. The highest BCUT2D eigenvalue weighted by Crippen LogP contribution is 2.28. The first-order chi connectivity index (χ1) is 8.55. The molecule has 1 aromatic rings. The molecule has 0 radical (unpaired) electrons. The molecule has 18 heavy (non-hydrogen) atoms. The van der Waals surface area contributed by atoms with E-state index in [0.29, 0.717) is 10.8 Å². The Labute approximate surface area is 113 Å². The SMILES string of the molecule is CCN(C1CCC(N)CC1)S(=O)(=O)c1cccs1. The van der Waals surface area contributed by atoms with Gasteiger partial charge in [-0.1, -0.05) is 13.0 Å². The van der Waals surface area contributed by atoms with Gasteiger partial charge in [-0.05, 0) is 37.1 Å². The second-order valence-corrected chi connectivity index (χ2v) is 7.77. The molecule has 0 saturated heterocycles. The maximum Gasteiger partial charge on any atom is 0.252 e. The van der Waals surface area contributed by atoms with Crippen molar-refractivity contribution in [1.29, 1.82) is 0 Å².